The number of benzene rings is 2. The van der Waals surface area contributed by atoms with Gasteiger partial charge in [-0.15, -0.1) is 0 Å². The van der Waals surface area contributed by atoms with Crippen LogP contribution in [0.2, 0.25) is 0 Å². The van der Waals surface area contributed by atoms with E-state index in [9.17, 15) is 23.9 Å². The van der Waals surface area contributed by atoms with Gasteiger partial charge in [0.05, 0.1) is 11.3 Å². The smallest absolute Gasteiger partial charge is 0.296 e. The molecule has 4 rings (SSSR count). The fourth-order valence-corrected chi connectivity index (χ4v) is 4.91. The number of rotatable bonds is 6. The van der Waals surface area contributed by atoms with E-state index >= 15 is 0 Å². The fourth-order valence-electron chi connectivity index (χ4n) is 4.91. The number of halogens is 1. The van der Waals surface area contributed by atoms with E-state index in [1.54, 1.807) is 38.1 Å². The number of carbonyl (C=O) groups excluding carboxylic acids is 3. The van der Waals surface area contributed by atoms with Gasteiger partial charge in [-0.1, -0.05) is 30.3 Å². The number of aryl methyl sites for hydroxylation is 1. The monoisotopic (exact) mass is 465 g/mol. The van der Waals surface area contributed by atoms with Gasteiger partial charge in [-0.2, -0.15) is 0 Å². The molecule has 1 spiro atoms. The van der Waals surface area contributed by atoms with Crippen molar-refractivity contribution >= 4 is 29.0 Å². The van der Waals surface area contributed by atoms with Crippen molar-refractivity contribution in [1.82, 2.24) is 9.80 Å². The average molecular weight is 466 g/mol. The second-order valence-electron chi connectivity index (χ2n) is 8.91. The number of para-hydroxylation sites is 1. The molecule has 7 nitrogen and oxygen atoms in total. The summed E-state index contributed by atoms with van der Waals surface area (Å²) >= 11 is 0. The third-order valence-corrected chi connectivity index (χ3v) is 6.56. The zero-order chi connectivity index (χ0) is 24.8. The molecule has 1 atom stereocenters. The third kappa shape index (κ3) is 3.32. The number of fused-ring (bicyclic) bond motifs is 2. The summed E-state index contributed by atoms with van der Waals surface area (Å²) in [7, 11) is 3.79. The second-order valence-corrected chi connectivity index (χ2v) is 8.91. The lowest BCUT2D eigenvalue weighted by atomic mass is 9.81. The van der Waals surface area contributed by atoms with Gasteiger partial charge in [0, 0.05) is 24.2 Å². The Morgan fingerprint density at radius 1 is 1.12 bits per heavy atom. The standard InChI is InChI=1S/C26H28FN3O4/c1-5-29-20-10-7-6-9-18(20)26(25(29)34)21(22(31)17-12-11-16(2)19(27)15-17)23(32)24(33)30(26)14-8-13-28(3)4/h6-7,9-12,15,31H,5,8,13-14H2,1-4H3/t26-/m0/s1. The summed E-state index contributed by atoms with van der Waals surface area (Å²) in [6.45, 7) is 4.48. The first kappa shape index (κ1) is 23.6. The first-order valence-electron chi connectivity index (χ1n) is 11.3. The van der Waals surface area contributed by atoms with Crippen molar-refractivity contribution in [2.75, 3.05) is 38.6 Å². The van der Waals surface area contributed by atoms with Crippen LogP contribution in [0.25, 0.3) is 5.76 Å². The normalized spacial score (nSPS) is 21.3. The maximum atomic E-state index is 14.3. The Kier molecular flexibility index (Phi) is 6.03. The van der Waals surface area contributed by atoms with Crippen LogP contribution in [0, 0.1) is 12.7 Å². The van der Waals surface area contributed by atoms with Gasteiger partial charge in [0.1, 0.15) is 11.6 Å². The number of aliphatic hydroxyl groups excluding tert-OH is 1. The van der Waals surface area contributed by atoms with Crippen LogP contribution in [-0.2, 0) is 19.9 Å². The molecule has 178 valence electrons. The van der Waals surface area contributed by atoms with E-state index in [4.69, 9.17) is 0 Å². The van der Waals surface area contributed by atoms with Crippen LogP contribution in [0.5, 0.6) is 0 Å². The minimum Gasteiger partial charge on any atom is -0.507 e. The molecule has 2 amide bonds. The van der Waals surface area contributed by atoms with Gasteiger partial charge < -0.3 is 19.8 Å². The van der Waals surface area contributed by atoms with Crippen LogP contribution in [-0.4, -0.2) is 66.2 Å². The molecule has 0 radical (unpaired) electrons. The number of aliphatic hydroxyl groups is 1. The first-order chi connectivity index (χ1) is 16.2. The maximum absolute atomic E-state index is 14.3. The second kappa shape index (κ2) is 8.68. The molecule has 0 unspecified atom stereocenters. The lowest BCUT2D eigenvalue weighted by Crippen LogP contribution is -2.52. The zero-order valence-corrected chi connectivity index (χ0v) is 19.8. The van der Waals surface area contributed by atoms with Gasteiger partial charge in [-0.25, -0.2) is 4.39 Å². The Labute approximate surface area is 198 Å². The van der Waals surface area contributed by atoms with Crippen LogP contribution < -0.4 is 4.90 Å². The van der Waals surface area contributed by atoms with E-state index in [1.807, 2.05) is 19.0 Å². The highest BCUT2D eigenvalue weighted by atomic mass is 19.1. The Hall–Kier alpha value is -3.52. The van der Waals surface area contributed by atoms with Gasteiger partial charge in [0.25, 0.3) is 17.6 Å². The van der Waals surface area contributed by atoms with Gasteiger partial charge in [-0.3, -0.25) is 14.4 Å². The number of likely N-dealkylation sites (tertiary alicyclic amines) is 1. The number of amides is 2. The highest BCUT2D eigenvalue weighted by Gasteiger charge is 2.66. The highest BCUT2D eigenvalue weighted by molar-refractivity contribution is 6.50. The topological polar surface area (TPSA) is 81.2 Å². The minimum atomic E-state index is -1.81. The van der Waals surface area contributed by atoms with Crippen LogP contribution in [0.4, 0.5) is 10.1 Å². The van der Waals surface area contributed by atoms with Gasteiger partial charge >= 0.3 is 0 Å². The Balaban J connectivity index is 2.01. The molecule has 1 fully saturated rings. The molecule has 0 saturated carbocycles. The average Bonchev–Trinajstić information content (AvgIpc) is 3.18. The number of hydrogen-bond donors (Lipinski definition) is 1. The van der Waals surface area contributed by atoms with E-state index in [0.717, 1.165) is 6.07 Å². The summed E-state index contributed by atoms with van der Waals surface area (Å²) in [5.74, 6) is -3.41. The summed E-state index contributed by atoms with van der Waals surface area (Å²) in [5, 5.41) is 11.3. The maximum Gasteiger partial charge on any atom is 0.296 e. The number of ketones is 1. The number of Topliss-reactive ketones (excluding diaryl/α,β-unsaturated/α-hetero) is 1. The summed E-state index contributed by atoms with van der Waals surface area (Å²) in [4.78, 5) is 45.5. The molecular formula is C26H28FN3O4. The van der Waals surface area contributed by atoms with Gasteiger partial charge in [-0.05, 0) is 58.6 Å². The van der Waals surface area contributed by atoms with E-state index in [2.05, 4.69) is 0 Å². The largest absolute Gasteiger partial charge is 0.507 e. The minimum absolute atomic E-state index is 0.0361. The summed E-state index contributed by atoms with van der Waals surface area (Å²) in [5.41, 5.74) is -0.684. The SMILES string of the molecule is CCN1C(=O)[C@@]2(C(=C(O)c3ccc(C)c(F)c3)C(=O)C(=O)N2CCCN(C)C)c2ccccc21. The van der Waals surface area contributed by atoms with Crippen molar-refractivity contribution in [3.8, 4) is 0 Å². The number of likely N-dealkylation sites (N-methyl/N-ethyl adjacent to an activating group) is 1. The summed E-state index contributed by atoms with van der Waals surface area (Å²) in [6, 6.07) is 11.0. The van der Waals surface area contributed by atoms with E-state index in [1.165, 1.54) is 21.9 Å². The molecule has 0 aromatic heterocycles. The van der Waals surface area contributed by atoms with E-state index in [-0.39, 0.29) is 17.7 Å². The molecule has 34 heavy (non-hydrogen) atoms. The summed E-state index contributed by atoms with van der Waals surface area (Å²) < 4.78 is 14.3. The Bertz CT molecular complexity index is 1220. The molecule has 8 heteroatoms. The summed E-state index contributed by atoms with van der Waals surface area (Å²) in [6.07, 6.45) is 0.516. The molecule has 1 N–H and O–H groups in total. The van der Waals surface area contributed by atoms with Crippen LogP contribution >= 0.6 is 0 Å². The van der Waals surface area contributed by atoms with Crippen molar-refractivity contribution in [2.45, 2.75) is 25.8 Å². The molecular weight excluding hydrogens is 437 g/mol. The molecule has 2 aromatic carbocycles. The van der Waals surface area contributed by atoms with E-state index in [0.29, 0.717) is 36.3 Å². The first-order valence-corrected chi connectivity index (χ1v) is 11.3. The lowest BCUT2D eigenvalue weighted by Gasteiger charge is -2.34. The van der Waals surface area contributed by atoms with Gasteiger partial charge in [0.15, 0.2) is 5.54 Å². The number of carbonyl (C=O) groups is 3. The number of hydrogen-bond acceptors (Lipinski definition) is 5. The molecule has 0 aliphatic carbocycles. The van der Waals surface area contributed by atoms with Crippen LogP contribution in [0.3, 0.4) is 0 Å². The van der Waals surface area contributed by atoms with Crippen LogP contribution in [0.15, 0.2) is 48.0 Å². The zero-order valence-electron chi connectivity index (χ0n) is 19.8. The Morgan fingerprint density at radius 3 is 2.47 bits per heavy atom. The molecule has 2 aromatic rings. The molecule has 2 aliphatic heterocycles. The fraction of sp³-hybridized carbons (Fsp3) is 0.346. The van der Waals surface area contributed by atoms with Crippen molar-refractivity contribution in [2.24, 2.45) is 0 Å². The predicted molar refractivity (Wildman–Crippen MR) is 127 cm³/mol. The predicted octanol–water partition coefficient (Wildman–Crippen LogP) is 3.03. The number of anilines is 1. The molecule has 0 bridgehead atoms. The van der Waals surface area contributed by atoms with Crippen molar-refractivity contribution in [1.29, 1.82) is 0 Å². The highest BCUT2D eigenvalue weighted by Crippen LogP contribution is 2.53. The van der Waals surface area contributed by atoms with Crippen molar-refractivity contribution in [3.05, 3.63) is 70.5 Å². The van der Waals surface area contributed by atoms with Crippen molar-refractivity contribution < 1.29 is 23.9 Å². The molecule has 1 saturated heterocycles. The lowest BCUT2D eigenvalue weighted by molar-refractivity contribution is -0.143. The Morgan fingerprint density at radius 2 is 1.82 bits per heavy atom. The number of nitrogens with zero attached hydrogens (tertiary/aromatic N) is 3. The molecule has 2 heterocycles. The van der Waals surface area contributed by atoms with Crippen molar-refractivity contribution in [3.63, 3.8) is 0 Å². The molecule has 2 aliphatic rings. The van der Waals surface area contributed by atoms with Crippen LogP contribution in [0.1, 0.15) is 30.0 Å². The van der Waals surface area contributed by atoms with Gasteiger partial charge in [0.2, 0.25) is 0 Å². The third-order valence-electron chi connectivity index (χ3n) is 6.56. The van der Waals surface area contributed by atoms with E-state index < -0.39 is 34.7 Å². The quantitative estimate of drug-likeness (QED) is 0.403.